The van der Waals surface area contributed by atoms with E-state index < -0.39 is 5.97 Å². The number of nitrogens with one attached hydrogen (secondary N) is 1. The minimum Gasteiger partial charge on any atom is -0.478 e. The van der Waals surface area contributed by atoms with Gasteiger partial charge in [0.25, 0.3) is 0 Å². The molecule has 1 aliphatic heterocycles. The van der Waals surface area contributed by atoms with Gasteiger partial charge in [0.05, 0.1) is 0 Å². The summed E-state index contributed by atoms with van der Waals surface area (Å²) in [6.45, 7) is 1.53. The molecule has 0 saturated heterocycles. The van der Waals surface area contributed by atoms with Crippen LogP contribution in [0.2, 0.25) is 0 Å². The molecule has 2 aromatic heterocycles. The van der Waals surface area contributed by atoms with E-state index in [9.17, 15) is 9.90 Å². The third-order valence-electron chi connectivity index (χ3n) is 4.44. The summed E-state index contributed by atoms with van der Waals surface area (Å²) in [4.78, 5) is 26.9. The average Bonchev–Trinajstić information content (AvgIpc) is 3.41. The Bertz CT molecular complexity index is 761. The molecule has 124 valence electrons. The molecule has 0 unspecified atom stereocenters. The van der Waals surface area contributed by atoms with Gasteiger partial charge in [-0.1, -0.05) is 0 Å². The Morgan fingerprint density at radius 1 is 1.21 bits per heavy atom. The topological polar surface area (TPSA) is 91.2 Å². The van der Waals surface area contributed by atoms with Crippen LogP contribution in [0.4, 0.5) is 11.8 Å². The van der Waals surface area contributed by atoms with E-state index in [1.54, 1.807) is 24.5 Å². The van der Waals surface area contributed by atoms with Gasteiger partial charge in [-0.05, 0) is 37.0 Å². The maximum Gasteiger partial charge on any atom is 0.339 e. The fraction of sp³-hybridized carbons (Fsp3) is 0.412. The molecule has 0 radical (unpaired) electrons. The first-order chi connectivity index (χ1) is 11.7. The standard InChI is InChI=1S/C17H19N5O2/c23-16(24)13-10-11-4-8-22(17-18-6-1-7-19-17)9-5-14(11)21-15(13)20-12-2-3-12/h1,6-7,10,12H,2-5,8-9H2,(H,20,21)(H,23,24). The molecule has 7 heteroatoms. The monoisotopic (exact) mass is 325 g/mol. The van der Waals surface area contributed by atoms with Crippen molar-refractivity contribution in [3.63, 3.8) is 0 Å². The van der Waals surface area contributed by atoms with E-state index in [1.165, 1.54) is 0 Å². The van der Waals surface area contributed by atoms with Crippen molar-refractivity contribution >= 4 is 17.7 Å². The Morgan fingerprint density at radius 2 is 1.96 bits per heavy atom. The number of anilines is 2. The number of pyridine rings is 1. The predicted molar refractivity (Wildman–Crippen MR) is 89.5 cm³/mol. The van der Waals surface area contributed by atoms with Gasteiger partial charge in [0.1, 0.15) is 11.4 Å². The molecule has 1 saturated carbocycles. The average molecular weight is 325 g/mol. The highest BCUT2D eigenvalue weighted by atomic mass is 16.4. The van der Waals surface area contributed by atoms with Crippen molar-refractivity contribution in [3.8, 4) is 0 Å². The van der Waals surface area contributed by atoms with E-state index in [0.29, 0.717) is 17.8 Å². The fourth-order valence-corrected chi connectivity index (χ4v) is 2.98. The van der Waals surface area contributed by atoms with E-state index in [4.69, 9.17) is 0 Å². The van der Waals surface area contributed by atoms with Gasteiger partial charge < -0.3 is 15.3 Å². The van der Waals surface area contributed by atoms with E-state index in [-0.39, 0.29) is 5.56 Å². The highest BCUT2D eigenvalue weighted by molar-refractivity contribution is 5.93. The lowest BCUT2D eigenvalue weighted by Gasteiger charge is -2.19. The van der Waals surface area contributed by atoms with Gasteiger partial charge in [-0.2, -0.15) is 0 Å². The molecule has 1 aliphatic carbocycles. The molecule has 0 spiro atoms. The van der Waals surface area contributed by atoms with Crippen LogP contribution < -0.4 is 10.2 Å². The van der Waals surface area contributed by atoms with Crippen molar-refractivity contribution in [1.29, 1.82) is 0 Å². The normalized spacial score (nSPS) is 17.1. The molecule has 24 heavy (non-hydrogen) atoms. The summed E-state index contributed by atoms with van der Waals surface area (Å²) in [6, 6.07) is 3.95. The van der Waals surface area contributed by atoms with Gasteiger partial charge in [0.2, 0.25) is 5.95 Å². The zero-order chi connectivity index (χ0) is 16.5. The second kappa shape index (κ2) is 6.07. The Labute approximate surface area is 139 Å². The Hall–Kier alpha value is -2.70. The summed E-state index contributed by atoms with van der Waals surface area (Å²) in [7, 11) is 0. The molecule has 0 bridgehead atoms. The van der Waals surface area contributed by atoms with Crippen molar-refractivity contribution in [2.24, 2.45) is 0 Å². The van der Waals surface area contributed by atoms with Crippen LogP contribution in [-0.4, -0.2) is 45.2 Å². The maximum absolute atomic E-state index is 11.6. The highest BCUT2D eigenvalue weighted by Crippen LogP contribution is 2.28. The molecule has 4 rings (SSSR count). The number of carboxylic acids is 1. The van der Waals surface area contributed by atoms with Crippen LogP contribution in [0.1, 0.15) is 34.5 Å². The summed E-state index contributed by atoms with van der Waals surface area (Å²) in [5.41, 5.74) is 2.25. The predicted octanol–water partition coefficient (Wildman–Crippen LogP) is 1.75. The Morgan fingerprint density at radius 3 is 2.67 bits per heavy atom. The first-order valence-corrected chi connectivity index (χ1v) is 8.25. The minimum atomic E-state index is -0.930. The zero-order valence-corrected chi connectivity index (χ0v) is 13.3. The van der Waals surface area contributed by atoms with Crippen molar-refractivity contribution in [2.75, 3.05) is 23.3 Å². The van der Waals surface area contributed by atoms with Crippen molar-refractivity contribution < 1.29 is 9.90 Å². The number of aromatic nitrogens is 3. The lowest BCUT2D eigenvalue weighted by atomic mass is 10.1. The molecule has 2 aromatic rings. The Kier molecular flexibility index (Phi) is 3.76. The molecule has 2 N–H and O–H groups in total. The van der Waals surface area contributed by atoms with E-state index >= 15 is 0 Å². The molecule has 7 nitrogen and oxygen atoms in total. The lowest BCUT2D eigenvalue weighted by molar-refractivity contribution is 0.0697. The number of hydrogen-bond donors (Lipinski definition) is 2. The smallest absolute Gasteiger partial charge is 0.339 e. The van der Waals surface area contributed by atoms with Gasteiger partial charge in [-0.15, -0.1) is 0 Å². The van der Waals surface area contributed by atoms with Crippen molar-refractivity contribution in [1.82, 2.24) is 15.0 Å². The molecule has 3 heterocycles. The second-order valence-corrected chi connectivity index (χ2v) is 6.25. The highest BCUT2D eigenvalue weighted by Gasteiger charge is 2.26. The van der Waals surface area contributed by atoms with Crippen LogP contribution in [-0.2, 0) is 12.8 Å². The first kappa shape index (κ1) is 14.9. The fourth-order valence-electron chi connectivity index (χ4n) is 2.98. The van der Waals surface area contributed by atoms with Crippen LogP contribution in [0.3, 0.4) is 0 Å². The van der Waals surface area contributed by atoms with E-state index in [0.717, 1.165) is 50.0 Å². The molecular formula is C17H19N5O2. The van der Waals surface area contributed by atoms with Crippen LogP contribution in [0.25, 0.3) is 0 Å². The van der Waals surface area contributed by atoms with Gasteiger partial charge in [-0.3, -0.25) is 0 Å². The van der Waals surface area contributed by atoms with E-state index in [2.05, 4.69) is 25.2 Å². The van der Waals surface area contributed by atoms with Crippen LogP contribution in [0, 0.1) is 0 Å². The molecule has 1 fully saturated rings. The second-order valence-electron chi connectivity index (χ2n) is 6.25. The van der Waals surface area contributed by atoms with Crippen LogP contribution in [0.15, 0.2) is 24.5 Å². The van der Waals surface area contributed by atoms with Crippen molar-refractivity contribution in [2.45, 2.75) is 31.7 Å². The largest absolute Gasteiger partial charge is 0.478 e. The number of carboxylic acid groups (broad SMARTS) is 1. The number of aromatic carboxylic acids is 1. The molecule has 0 atom stereocenters. The maximum atomic E-state index is 11.6. The summed E-state index contributed by atoms with van der Waals surface area (Å²) in [5, 5.41) is 12.7. The quantitative estimate of drug-likeness (QED) is 0.885. The number of fused-ring (bicyclic) bond motifs is 1. The summed E-state index contributed by atoms with van der Waals surface area (Å²) >= 11 is 0. The number of carbonyl (C=O) groups is 1. The number of hydrogen-bond acceptors (Lipinski definition) is 6. The number of nitrogens with zero attached hydrogens (tertiary/aromatic N) is 4. The van der Waals surface area contributed by atoms with Crippen LogP contribution in [0.5, 0.6) is 0 Å². The Balaban J connectivity index is 1.61. The lowest BCUT2D eigenvalue weighted by Crippen LogP contribution is -2.27. The van der Waals surface area contributed by atoms with Gasteiger partial charge in [0.15, 0.2) is 0 Å². The molecular weight excluding hydrogens is 306 g/mol. The SMILES string of the molecule is O=C(O)c1cc2c(nc1NC1CC1)CCN(c1ncccn1)CC2. The third kappa shape index (κ3) is 3.02. The molecule has 0 amide bonds. The first-order valence-electron chi connectivity index (χ1n) is 8.25. The van der Waals surface area contributed by atoms with Gasteiger partial charge >= 0.3 is 5.97 Å². The summed E-state index contributed by atoms with van der Waals surface area (Å²) in [6.07, 6.45) is 7.13. The molecule has 2 aliphatic rings. The van der Waals surface area contributed by atoms with Crippen molar-refractivity contribution in [3.05, 3.63) is 41.3 Å². The summed E-state index contributed by atoms with van der Waals surface area (Å²) in [5.74, 6) is 0.286. The molecule has 0 aromatic carbocycles. The third-order valence-corrected chi connectivity index (χ3v) is 4.44. The van der Waals surface area contributed by atoms with Gasteiger partial charge in [0, 0.05) is 43.6 Å². The number of rotatable bonds is 4. The summed E-state index contributed by atoms with van der Waals surface area (Å²) < 4.78 is 0. The van der Waals surface area contributed by atoms with E-state index in [1.807, 2.05) is 0 Å². The zero-order valence-electron chi connectivity index (χ0n) is 13.3. The van der Waals surface area contributed by atoms with Gasteiger partial charge in [-0.25, -0.2) is 19.7 Å². The van der Waals surface area contributed by atoms with Crippen LogP contribution >= 0.6 is 0 Å². The minimum absolute atomic E-state index is 0.269.